The van der Waals surface area contributed by atoms with Gasteiger partial charge in [-0.05, 0) is 19.8 Å². The number of nitrogens with two attached hydrogens (primary N) is 2. The molecule has 30 heavy (non-hydrogen) atoms. The first kappa shape index (κ1) is 25.5. The normalized spacial score (nSPS) is 22.2. The SMILES string of the molecule is C[C@@H](N)C(=O)N(N)C(=O)[C@@H]1CC[C@@H]2CN1C(=O)N2OS(=O)(=O)O.O=C(O)C(F)(F)F. The standard InChI is InChI=1S/C10H17N5O7S.C2HF3O2/c1-5(11)8(16)14(12)9(17)7-3-2-6-4-13(7)10(18)15(6)22-23(19,20)21;3-2(4,5)1(6)7/h5-7H,2-4,11-12H2,1H3,(H,19,20,21);(H,6,7)/t5-,6-,7+;/m1./s1. The molecule has 172 valence electrons. The summed E-state index contributed by atoms with van der Waals surface area (Å²) in [5.41, 5.74) is 5.37. The molecule has 3 atom stereocenters. The molecule has 0 aliphatic carbocycles. The number of carboxylic acid groups (broad SMARTS) is 1. The molecule has 0 aromatic rings. The number of amides is 4. The van der Waals surface area contributed by atoms with Crippen molar-refractivity contribution in [3.8, 4) is 0 Å². The van der Waals surface area contributed by atoms with Crippen molar-refractivity contribution in [2.45, 2.75) is 44.1 Å². The Morgan fingerprint density at radius 1 is 1.30 bits per heavy atom. The van der Waals surface area contributed by atoms with Crippen LogP contribution in [0.4, 0.5) is 18.0 Å². The number of carbonyl (C=O) groups is 4. The molecule has 18 heteroatoms. The van der Waals surface area contributed by atoms with Gasteiger partial charge in [-0.1, -0.05) is 0 Å². The minimum atomic E-state index is -5.08. The van der Waals surface area contributed by atoms with E-state index in [1.807, 2.05) is 0 Å². The van der Waals surface area contributed by atoms with Gasteiger partial charge >= 0.3 is 28.6 Å². The predicted octanol–water partition coefficient (Wildman–Crippen LogP) is -1.80. The minimum Gasteiger partial charge on any atom is -0.475 e. The van der Waals surface area contributed by atoms with Gasteiger partial charge < -0.3 is 15.7 Å². The number of piperidine rings is 1. The Balaban J connectivity index is 0.000000553. The number of aliphatic carboxylic acids is 1. The lowest BCUT2D eigenvalue weighted by Crippen LogP contribution is -2.57. The number of hydroxylamine groups is 2. The van der Waals surface area contributed by atoms with Crippen molar-refractivity contribution in [2.75, 3.05) is 6.54 Å². The molecule has 14 nitrogen and oxygen atoms in total. The lowest BCUT2D eigenvalue weighted by atomic mass is 10.00. The van der Waals surface area contributed by atoms with Crippen LogP contribution in [0.1, 0.15) is 19.8 Å². The van der Waals surface area contributed by atoms with Crippen molar-refractivity contribution >= 4 is 34.2 Å². The maximum atomic E-state index is 12.3. The first-order valence-corrected chi connectivity index (χ1v) is 9.29. The van der Waals surface area contributed by atoms with Crippen LogP contribution in [0.2, 0.25) is 0 Å². The number of urea groups is 1. The molecular weight excluding hydrogens is 447 g/mol. The first-order valence-electron chi connectivity index (χ1n) is 7.92. The van der Waals surface area contributed by atoms with Crippen molar-refractivity contribution in [3.63, 3.8) is 0 Å². The molecule has 2 bridgehead atoms. The van der Waals surface area contributed by atoms with Crippen LogP contribution >= 0.6 is 0 Å². The second-order valence-corrected chi connectivity index (χ2v) is 7.15. The number of imide groups is 1. The number of carboxylic acids is 1. The van der Waals surface area contributed by atoms with Gasteiger partial charge in [0.1, 0.15) is 6.04 Å². The van der Waals surface area contributed by atoms with E-state index in [9.17, 15) is 36.0 Å². The van der Waals surface area contributed by atoms with Gasteiger partial charge in [-0.15, -0.1) is 4.28 Å². The fourth-order valence-electron chi connectivity index (χ4n) is 2.58. The van der Waals surface area contributed by atoms with E-state index < -0.39 is 58.5 Å². The average molecular weight is 465 g/mol. The van der Waals surface area contributed by atoms with E-state index in [4.69, 9.17) is 26.0 Å². The highest BCUT2D eigenvalue weighted by molar-refractivity contribution is 7.80. The zero-order valence-electron chi connectivity index (χ0n) is 15.1. The highest BCUT2D eigenvalue weighted by atomic mass is 32.3. The molecule has 2 rings (SSSR count). The van der Waals surface area contributed by atoms with Crippen LogP contribution in [-0.4, -0.2) is 87.7 Å². The van der Waals surface area contributed by atoms with Gasteiger partial charge in [-0.2, -0.15) is 26.7 Å². The molecule has 0 unspecified atom stereocenters. The Morgan fingerprint density at radius 2 is 1.80 bits per heavy atom. The summed E-state index contributed by atoms with van der Waals surface area (Å²) in [5.74, 6) is 1.05. The van der Waals surface area contributed by atoms with Crippen LogP contribution in [0.5, 0.6) is 0 Å². The number of hydrazine groups is 1. The Morgan fingerprint density at radius 3 is 2.20 bits per heavy atom. The Hall–Kier alpha value is -2.54. The monoisotopic (exact) mass is 465 g/mol. The van der Waals surface area contributed by atoms with Gasteiger partial charge in [0.2, 0.25) is 0 Å². The molecule has 0 aromatic heterocycles. The second kappa shape index (κ2) is 9.08. The number of rotatable bonds is 4. The van der Waals surface area contributed by atoms with Gasteiger partial charge in [0.05, 0.1) is 12.1 Å². The average Bonchev–Trinajstić information content (AvgIpc) is 2.83. The summed E-state index contributed by atoms with van der Waals surface area (Å²) in [4.78, 5) is 46.0. The summed E-state index contributed by atoms with van der Waals surface area (Å²) in [6.07, 6.45) is -4.70. The molecule has 6 N–H and O–H groups in total. The van der Waals surface area contributed by atoms with E-state index in [0.29, 0.717) is 10.1 Å². The summed E-state index contributed by atoms with van der Waals surface area (Å²) >= 11 is 0. The van der Waals surface area contributed by atoms with Crippen LogP contribution in [0.25, 0.3) is 0 Å². The quantitative estimate of drug-likeness (QED) is 0.157. The largest absolute Gasteiger partial charge is 0.490 e. The lowest BCUT2D eigenvalue weighted by molar-refractivity contribution is -0.192. The van der Waals surface area contributed by atoms with Gasteiger partial charge in [-0.3, -0.25) is 14.1 Å². The van der Waals surface area contributed by atoms with Crippen LogP contribution < -0.4 is 11.6 Å². The van der Waals surface area contributed by atoms with E-state index in [-0.39, 0.29) is 19.4 Å². The van der Waals surface area contributed by atoms with Crippen molar-refractivity contribution in [3.05, 3.63) is 0 Å². The number of halogens is 3. The number of carbonyl (C=O) groups excluding carboxylic acids is 3. The number of alkyl halides is 3. The summed E-state index contributed by atoms with van der Waals surface area (Å²) < 4.78 is 66.2. The smallest absolute Gasteiger partial charge is 0.475 e. The van der Waals surface area contributed by atoms with Crippen LogP contribution in [0.3, 0.4) is 0 Å². The molecule has 2 fully saturated rings. The molecule has 0 spiro atoms. The molecule has 0 saturated carbocycles. The number of fused-ring (bicyclic) bond motifs is 2. The molecule has 0 aromatic carbocycles. The summed E-state index contributed by atoms with van der Waals surface area (Å²) in [6, 6.07) is -3.58. The maximum absolute atomic E-state index is 12.3. The summed E-state index contributed by atoms with van der Waals surface area (Å²) in [7, 11) is -4.87. The Bertz CT molecular complexity index is 819. The fourth-order valence-corrected chi connectivity index (χ4v) is 2.97. The summed E-state index contributed by atoms with van der Waals surface area (Å²) in [5, 5.41) is 7.98. The third-order valence-electron chi connectivity index (χ3n) is 3.89. The van der Waals surface area contributed by atoms with Crippen molar-refractivity contribution < 1.29 is 54.7 Å². The Labute approximate surface area is 167 Å². The molecule has 0 radical (unpaired) electrons. The summed E-state index contributed by atoms with van der Waals surface area (Å²) in [6.45, 7) is 1.36. The number of nitrogens with zero attached hydrogens (tertiary/aromatic N) is 3. The molecule has 2 aliphatic rings. The van der Waals surface area contributed by atoms with Gasteiger partial charge in [0.15, 0.2) is 0 Å². The fraction of sp³-hybridized carbons (Fsp3) is 0.667. The van der Waals surface area contributed by atoms with E-state index in [0.717, 1.165) is 4.90 Å². The van der Waals surface area contributed by atoms with E-state index in [2.05, 4.69) is 4.28 Å². The lowest BCUT2D eigenvalue weighted by Gasteiger charge is -2.31. The molecule has 2 saturated heterocycles. The third-order valence-corrected chi connectivity index (χ3v) is 4.24. The first-order chi connectivity index (χ1) is 13.5. The van der Waals surface area contributed by atoms with Crippen LogP contribution in [0.15, 0.2) is 0 Å². The molecule has 4 amide bonds. The predicted molar refractivity (Wildman–Crippen MR) is 86.8 cm³/mol. The van der Waals surface area contributed by atoms with Gasteiger partial charge in [0, 0.05) is 6.54 Å². The highest BCUT2D eigenvalue weighted by Gasteiger charge is 2.50. The zero-order valence-corrected chi connectivity index (χ0v) is 16.0. The number of hydrogen-bond acceptors (Lipinski definition) is 9. The zero-order chi connectivity index (χ0) is 23.6. The van der Waals surface area contributed by atoms with Crippen LogP contribution in [0, 0.1) is 0 Å². The molecule has 2 aliphatic heterocycles. The van der Waals surface area contributed by atoms with E-state index in [1.165, 1.54) is 6.92 Å². The second-order valence-electron chi connectivity index (χ2n) is 6.15. The highest BCUT2D eigenvalue weighted by Crippen LogP contribution is 2.31. The van der Waals surface area contributed by atoms with Gasteiger partial charge in [0.25, 0.3) is 11.8 Å². The van der Waals surface area contributed by atoms with Crippen molar-refractivity contribution in [2.24, 2.45) is 11.6 Å². The van der Waals surface area contributed by atoms with Crippen molar-refractivity contribution in [1.82, 2.24) is 15.0 Å². The Kier molecular flexibility index (Phi) is 7.72. The topological polar surface area (TPSA) is 214 Å². The van der Waals surface area contributed by atoms with Gasteiger partial charge in [-0.25, -0.2) is 20.4 Å². The van der Waals surface area contributed by atoms with E-state index >= 15 is 0 Å². The van der Waals surface area contributed by atoms with Crippen molar-refractivity contribution in [1.29, 1.82) is 0 Å². The van der Waals surface area contributed by atoms with E-state index in [1.54, 1.807) is 0 Å². The number of hydrogen-bond donors (Lipinski definition) is 4. The third kappa shape index (κ3) is 6.23. The minimum absolute atomic E-state index is 0.00493. The molecule has 2 heterocycles. The van der Waals surface area contributed by atoms with Crippen LogP contribution in [-0.2, 0) is 29.1 Å². The maximum Gasteiger partial charge on any atom is 0.490 e. The molecular formula is C12H18F3N5O9S.